The molecule has 0 aliphatic rings. The second-order valence-electron chi connectivity index (χ2n) is 12.9. The standard InChI is InChI=1S/C37H32N4O.Pt/c1-36(2,3)23-17-19-38-33(20-23)41-31-12-8-7-10-26(31)27-15-13-25(22-32(27)41)42-24-14-16-30-29(21-24)34-28(11-9-18-39-34)35(40-30)37(4,5)6;/h7-20H,1-6H3;/q-2;+2. The van der Waals surface area contributed by atoms with Gasteiger partial charge in [-0.25, -0.2) is 4.98 Å². The summed E-state index contributed by atoms with van der Waals surface area (Å²) in [4.78, 5) is 14.5. The van der Waals surface area contributed by atoms with Gasteiger partial charge in [-0.15, -0.1) is 23.6 Å². The summed E-state index contributed by atoms with van der Waals surface area (Å²) in [6.45, 7) is 13.2. The van der Waals surface area contributed by atoms with Crippen LogP contribution < -0.4 is 4.74 Å². The number of pyridine rings is 3. The Morgan fingerprint density at radius 2 is 1.44 bits per heavy atom. The average molecular weight is 744 g/mol. The van der Waals surface area contributed by atoms with E-state index >= 15 is 0 Å². The fourth-order valence-corrected chi connectivity index (χ4v) is 5.65. The van der Waals surface area contributed by atoms with Crippen LogP contribution in [0.2, 0.25) is 0 Å². The quantitative estimate of drug-likeness (QED) is 0.134. The first-order chi connectivity index (χ1) is 20.1. The molecule has 0 bridgehead atoms. The zero-order valence-electron chi connectivity index (χ0n) is 25.1. The molecule has 0 N–H and O–H groups in total. The van der Waals surface area contributed by atoms with E-state index in [2.05, 4.69) is 107 Å². The zero-order valence-corrected chi connectivity index (χ0v) is 27.4. The Morgan fingerprint density at radius 3 is 2.23 bits per heavy atom. The molecule has 0 spiro atoms. The number of hydrogen-bond donors (Lipinski definition) is 0. The van der Waals surface area contributed by atoms with E-state index in [0.29, 0.717) is 11.5 Å². The van der Waals surface area contributed by atoms with Crippen LogP contribution in [0.4, 0.5) is 0 Å². The number of hydrogen-bond acceptors (Lipinski definition) is 4. The number of para-hydroxylation sites is 1. The van der Waals surface area contributed by atoms with E-state index in [0.717, 1.165) is 55.1 Å². The summed E-state index contributed by atoms with van der Waals surface area (Å²) >= 11 is 0. The molecule has 0 saturated carbocycles. The Balaban J connectivity index is 0.00000329. The van der Waals surface area contributed by atoms with E-state index in [4.69, 9.17) is 19.7 Å². The van der Waals surface area contributed by atoms with Gasteiger partial charge in [-0.3, -0.25) is 0 Å². The number of ether oxygens (including phenoxy) is 1. The van der Waals surface area contributed by atoms with Crippen LogP contribution in [-0.2, 0) is 31.9 Å². The summed E-state index contributed by atoms with van der Waals surface area (Å²) in [6.07, 6.45) is 3.71. The molecule has 6 heteroatoms. The summed E-state index contributed by atoms with van der Waals surface area (Å²) < 4.78 is 8.58. The van der Waals surface area contributed by atoms with Gasteiger partial charge in [0.05, 0.1) is 0 Å². The first-order valence-electron chi connectivity index (χ1n) is 14.3. The predicted molar refractivity (Wildman–Crippen MR) is 171 cm³/mol. The second kappa shape index (κ2) is 10.6. The monoisotopic (exact) mass is 743 g/mol. The minimum absolute atomic E-state index is 0. The molecule has 0 atom stereocenters. The predicted octanol–water partition coefficient (Wildman–Crippen LogP) is 9.26. The molecule has 0 saturated heterocycles. The third kappa shape index (κ3) is 5.10. The molecular weight excluding hydrogens is 712 g/mol. The van der Waals surface area contributed by atoms with Crippen LogP contribution >= 0.6 is 0 Å². The minimum Gasteiger partial charge on any atom is -0.503 e. The molecule has 0 aliphatic carbocycles. The number of benzene rings is 3. The third-order valence-corrected chi connectivity index (χ3v) is 7.76. The SMILES string of the molecule is CC(C)(C)c1ccnc(-n2c3[c-]c(Oc4[c-]c5c(cc4)nc(C(C)(C)C)c4cccnc45)ccc3c3ccccc32)c1.[Pt+2]. The number of nitrogens with zero attached hydrogens (tertiary/aromatic N) is 4. The summed E-state index contributed by atoms with van der Waals surface area (Å²) in [6, 6.07) is 31.7. The molecule has 7 aromatic rings. The molecule has 0 radical (unpaired) electrons. The van der Waals surface area contributed by atoms with Gasteiger partial charge in [0.15, 0.2) is 0 Å². The Labute approximate surface area is 266 Å². The molecule has 0 unspecified atom stereocenters. The van der Waals surface area contributed by atoms with E-state index in [9.17, 15) is 0 Å². The van der Waals surface area contributed by atoms with E-state index in [1.165, 1.54) is 5.56 Å². The smallest absolute Gasteiger partial charge is 0.503 e. The van der Waals surface area contributed by atoms with Crippen LogP contribution in [0.5, 0.6) is 11.5 Å². The Kier molecular flexibility index (Phi) is 7.13. The van der Waals surface area contributed by atoms with Crippen molar-refractivity contribution in [2.24, 2.45) is 0 Å². The van der Waals surface area contributed by atoms with Crippen molar-refractivity contribution in [2.75, 3.05) is 0 Å². The van der Waals surface area contributed by atoms with Gasteiger partial charge in [-0.2, -0.15) is 6.07 Å². The molecule has 0 aliphatic heterocycles. The molecular formula is C37H32N4OPt. The van der Waals surface area contributed by atoms with Crippen LogP contribution in [0, 0.1) is 12.1 Å². The molecule has 0 amide bonds. The molecule has 216 valence electrons. The van der Waals surface area contributed by atoms with Crippen LogP contribution in [0.3, 0.4) is 0 Å². The van der Waals surface area contributed by atoms with E-state index in [-0.39, 0.29) is 31.9 Å². The van der Waals surface area contributed by atoms with Crippen molar-refractivity contribution in [3.8, 4) is 17.3 Å². The molecule has 3 aromatic carbocycles. The van der Waals surface area contributed by atoms with Gasteiger partial charge in [0.1, 0.15) is 5.82 Å². The number of aromatic nitrogens is 4. The second-order valence-corrected chi connectivity index (χ2v) is 12.9. The van der Waals surface area contributed by atoms with Crippen molar-refractivity contribution in [2.45, 2.75) is 52.4 Å². The van der Waals surface area contributed by atoms with Crippen LogP contribution in [-0.4, -0.2) is 19.5 Å². The Bertz CT molecular complexity index is 2150. The molecule has 7 rings (SSSR count). The molecule has 5 nitrogen and oxygen atoms in total. The van der Waals surface area contributed by atoms with Crippen molar-refractivity contribution < 1.29 is 25.8 Å². The van der Waals surface area contributed by atoms with Crippen molar-refractivity contribution >= 4 is 43.6 Å². The minimum atomic E-state index is -0.116. The zero-order chi connectivity index (χ0) is 29.2. The van der Waals surface area contributed by atoms with Crippen molar-refractivity contribution in [3.05, 3.63) is 109 Å². The van der Waals surface area contributed by atoms with E-state index < -0.39 is 0 Å². The average Bonchev–Trinajstić information content (AvgIpc) is 3.29. The Morgan fingerprint density at radius 1 is 0.698 bits per heavy atom. The van der Waals surface area contributed by atoms with Gasteiger partial charge in [0, 0.05) is 40.5 Å². The van der Waals surface area contributed by atoms with E-state index in [1.54, 1.807) is 0 Å². The van der Waals surface area contributed by atoms with Gasteiger partial charge < -0.3 is 19.3 Å². The summed E-state index contributed by atoms with van der Waals surface area (Å²) in [5.74, 6) is 2.05. The first kappa shape index (κ1) is 29.0. The summed E-state index contributed by atoms with van der Waals surface area (Å²) in [5, 5.41) is 4.12. The third-order valence-electron chi connectivity index (χ3n) is 7.76. The summed E-state index contributed by atoms with van der Waals surface area (Å²) in [7, 11) is 0. The van der Waals surface area contributed by atoms with Gasteiger partial charge >= 0.3 is 21.1 Å². The molecule has 4 heterocycles. The fourth-order valence-electron chi connectivity index (χ4n) is 5.65. The van der Waals surface area contributed by atoms with Gasteiger partial charge in [-0.1, -0.05) is 88.8 Å². The van der Waals surface area contributed by atoms with Crippen LogP contribution in [0.25, 0.3) is 49.4 Å². The van der Waals surface area contributed by atoms with Crippen molar-refractivity contribution in [1.29, 1.82) is 0 Å². The topological polar surface area (TPSA) is 52.8 Å². The van der Waals surface area contributed by atoms with Crippen molar-refractivity contribution in [3.63, 3.8) is 0 Å². The molecule has 0 fully saturated rings. The first-order valence-corrected chi connectivity index (χ1v) is 14.3. The molecule has 4 aromatic heterocycles. The fraction of sp³-hybridized carbons (Fsp3) is 0.216. The Hall–Kier alpha value is -4.08. The maximum Gasteiger partial charge on any atom is 2.00 e. The van der Waals surface area contributed by atoms with Crippen LogP contribution in [0.1, 0.15) is 52.8 Å². The van der Waals surface area contributed by atoms with Crippen molar-refractivity contribution in [1.82, 2.24) is 19.5 Å². The maximum absolute atomic E-state index is 6.41. The largest absolute Gasteiger partial charge is 2.00 e. The number of rotatable bonds is 3. The van der Waals surface area contributed by atoms with Gasteiger partial charge in [0.25, 0.3) is 0 Å². The maximum atomic E-state index is 6.41. The normalized spacial score (nSPS) is 12.2. The number of fused-ring (bicyclic) bond motifs is 6. The van der Waals surface area contributed by atoms with Gasteiger partial charge in [-0.05, 0) is 57.0 Å². The van der Waals surface area contributed by atoms with E-state index in [1.807, 2.05) is 36.7 Å². The van der Waals surface area contributed by atoms with Gasteiger partial charge in [0.2, 0.25) is 0 Å². The molecule has 43 heavy (non-hydrogen) atoms. The summed E-state index contributed by atoms with van der Waals surface area (Å²) in [5.41, 5.74) is 5.85. The van der Waals surface area contributed by atoms with Crippen LogP contribution in [0.15, 0.2) is 85.2 Å².